The molecular formula is C10H14N2O2. The fourth-order valence-corrected chi connectivity index (χ4v) is 1.65. The summed E-state index contributed by atoms with van der Waals surface area (Å²) in [5.41, 5.74) is 0.848. The van der Waals surface area contributed by atoms with Crippen LogP contribution in [-0.2, 0) is 11.3 Å². The minimum absolute atomic E-state index is 0.0750. The lowest BCUT2D eigenvalue weighted by Crippen LogP contribution is -2.18. The summed E-state index contributed by atoms with van der Waals surface area (Å²) in [6, 6.07) is 1.60. The fraction of sp³-hybridized carbons (Fsp3) is 0.600. The first-order valence-corrected chi connectivity index (χ1v) is 4.88. The van der Waals surface area contributed by atoms with Crippen LogP contribution in [-0.4, -0.2) is 17.1 Å². The van der Waals surface area contributed by atoms with Crippen LogP contribution in [0.1, 0.15) is 36.7 Å². The van der Waals surface area contributed by atoms with E-state index in [-0.39, 0.29) is 5.56 Å². The van der Waals surface area contributed by atoms with Gasteiger partial charge in [-0.25, -0.2) is 4.98 Å². The number of hydrogen-bond donors (Lipinski definition) is 1. The molecule has 4 nitrogen and oxygen atoms in total. The Morgan fingerprint density at radius 2 is 2.43 bits per heavy atom. The van der Waals surface area contributed by atoms with Crippen LogP contribution in [0, 0.1) is 0 Å². The van der Waals surface area contributed by atoms with Crippen molar-refractivity contribution in [2.75, 3.05) is 7.11 Å². The minimum atomic E-state index is -0.0750. The van der Waals surface area contributed by atoms with Crippen LogP contribution in [0.4, 0.5) is 0 Å². The van der Waals surface area contributed by atoms with Gasteiger partial charge in [0.2, 0.25) is 0 Å². The maximum Gasteiger partial charge on any atom is 0.251 e. The van der Waals surface area contributed by atoms with E-state index >= 15 is 0 Å². The Labute approximate surface area is 82.3 Å². The summed E-state index contributed by atoms with van der Waals surface area (Å²) in [6.07, 6.45) is 3.56. The van der Waals surface area contributed by atoms with Crippen molar-refractivity contribution in [3.05, 3.63) is 27.9 Å². The molecule has 1 aromatic rings. The highest BCUT2D eigenvalue weighted by atomic mass is 16.5. The summed E-state index contributed by atoms with van der Waals surface area (Å²) < 4.78 is 4.94. The van der Waals surface area contributed by atoms with Crippen LogP contribution in [0.3, 0.4) is 0 Å². The molecule has 1 aliphatic rings. The molecule has 2 rings (SSSR count). The van der Waals surface area contributed by atoms with Crippen LogP contribution in [0.15, 0.2) is 10.9 Å². The highest BCUT2D eigenvalue weighted by Gasteiger charge is 2.21. The summed E-state index contributed by atoms with van der Waals surface area (Å²) in [4.78, 5) is 18.3. The normalized spacial score (nSPS) is 16.6. The van der Waals surface area contributed by atoms with E-state index in [1.54, 1.807) is 13.2 Å². The van der Waals surface area contributed by atoms with Gasteiger partial charge >= 0.3 is 0 Å². The van der Waals surface area contributed by atoms with Gasteiger partial charge in [0.1, 0.15) is 12.4 Å². The smallest absolute Gasteiger partial charge is 0.251 e. The lowest BCUT2D eigenvalue weighted by molar-refractivity contribution is 0.177. The number of hydrogen-bond acceptors (Lipinski definition) is 3. The molecule has 1 aromatic heterocycles. The second-order valence-electron chi connectivity index (χ2n) is 3.68. The summed E-state index contributed by atoms with van der Waals surface area (Å²) in [7, 11) is 1.59. The van der Waals surface area contributed by atoms with Gasteiger partial charge in [-0.1, -0.05) is 6.42 Å². The Morgan fingerprint density at radius 1 is 1.64 bits per heavy atom. The van der Waals surface area contributed by atoms with Gasteiger partial charge < -0.3 is 9.72 Å². The quantitative estimate of drug-likeness (QED) is 0.786. The molecule has 1 N–H and O–H groups in total. The molecule has 0 atom stereocenters. The first-order valence-electron chi connectivity index (χ1n) is 4.88. The van der Waals surface area contributed by atoms with Gasteiger partial charge in [0.05, 0.1) is 5.69 Å². The third kappa shape index (κ3) is 1.85. The zero-order valence-corrected chi connectivity index (χ0v) is 8.25. The third-order valence-corrected chi connectivity index (χ3v) is 2.62. The van der Waals surface area contributed by atoms with Crippen LogP contribution in [0.25, 0.3) is 0 Å². The van der Waals surface area contributed by atoms with E-state index in [4.69, 9.17) is 4.74 Å². The van der Waals surface area contributed by atoms with Crippen LogP contribution in [0.2, 0.25) is 0 Å². The Hall–Kier alpha value is -1.16. The first kappa shape index (κ1) is 9.40. The van der Waals surface area contributed by atoms with Crippen molar-refractivity contribution in [3.63, 3.8) is 0 Å². The molecule has 76 valence electrons. The lowest BCUT2D eigenvalue weighted by Gasteiger charge is -2.24. The van der Waals surface area contributed by atoms with Crippen LogP contribution >= 0.6 is 0 Å². The molecule has 0 unspecified atom stereocenters. The monoisotopic (exact) mass is 194 g/mol. The summed E-state index contributed by atoms with van der Waals surface area (Å²) in [6.45, 7) is 0.371. The Balaban J connectivity index is 2.26. The zero-order chi connectivity index (χ0) is 9.97. The van der Waals surface area contributed by atoms with Crippen molar-refractivity contribution in [1.29, 1.82) is 0 Å². The van der Waals surface area contributed by atoms with E-state index in [2.05, 4.69) is 9.97 Å². The van der Waals surface area contributed by atoms with E-state index < -0.39 is 0 Å². The Morgan fingerprint density at radius 3 is 3.00 bits per heavy atom. The van der Waals surface area contributed by atoms with Gasteiger partial charge in [0.15, 0.2) is 0 Å². The second kappa shape index (κ2) is 3.92. The number of nitrogens with zero attached hydrogens (tertiary/aromatic N) is 1. The van der Waals surface area contributed by atoms with Crippen LogP contribution in [0.5, 0.6) is 0 Å². The number of nitrogens with one attached hydrogen (secondary N) is 1. The lowest BCUT2D eigenvalue weighted by atomic mass is 9.83. The summed E-state index contributed by atoms with van der Waals surface area (Å²) in [5, 5.41) is 0. The molecule has 0 aromatic carbocycles. The SMILES string of the molecule is COCc1nc(C2CCC2)cc(=O)[nH]1. The van der Waals surface area contributed by atoms with E-state index in [0.717, 1.165) is 18.5 Å². The summed E-state index contributed by atoms with van der Waals surface area (Å²) >= 11 is 0. The number of rotatable bonds is 3. The second-order valence-corrected chi connectivity index (χ2v) is 3.68. The number of ether oxygens (including phenoxy) is 1. The predicted octanol–water partition coefficient (Wildman–Crippen LogP) is 1.18. The molecule has 1 saturated carbocycles. The number of methoxy groups -OCH3 is 1. The third-order valence-electron chi connectivity index (χ3n) is 2.62. The number of aromatic amines is 1. The average Bonchev–Trinajstić information content (AvgIpc) is 1.99. The van der Waals surface area contributed by atoms with E-state index in [9.17, 15) is 4.79 Å². The molecule has 0 radical (unpaired) electrons. The largest absolute Gasteiger partial charge is 0.377 e. The van der Waals surface area contributed by atoms with Crippen molar-refractivity contribution in [2.24, 2.45) is 0 Å². The van der Waals surface area contributed by atoms with Gasteiger partial charge in [0.25, 0.3) is 5.56 Å². The molecule has 4 heteroatoms. The van der Waals surface area contributed by atoms with Crippen molar-refractivity contribution in [2.45, 2.75) is 31.8 Å². The van der Waals surface area contributed by atoms with Gasteiger partial charge in [0, 0.05) is 19.1 Å². The van der Waals surface area contributed by atoms with Crippen molar-refractivity contribution in [3.8, 4) is 0 Å². The Bertz CT molecular complexity index is 369. The molecule has 1 heterocycles. The van der Waals surface area contributed by atoms with Crippen molar-refractivity contribution in [1.82, 2.24) is 9.97 Å². The minimum Gasteiger partial charge on any atom is -0.377 e. The van der Waals surface area contributed by atoms with Gasteiger partial charge in [-0.15, -0.1) is 0 Å². The molecular weight excluding hydrogens is 180 g/mol. The predicted molar refractivity (Wildman–Crippen MR) is 52.2 cm³/mol. The maximum atomic E-state index is 11.3. The molecule has 1 fully saturated rings. The molecule has 0 saturated heterocycles. The van der Waals surface area contributed by atoms with Gasteiger partial charge in [-0.2, -0.15) is 0 Å². The Kier molecular flexibility index (Phi) is 2.63. The standard InChI is InChI=1S/C10H14N2O2/c1-14-6-9-11-8(5-10(13)12-9)7-3-2-4-7/h5,7H,2-4,6H2,1H3,(H,11,12,13). The molecule has 0 aliphatic heterocycles. The molecule has 1 aliphatic carbocycles. The van der Waals surface area contributed by atoms with Crippen LogP contribution < -0.4 is 5.56 Å². The highest BCUT2D eigenvalue weighted by molar-refractivity contribution is 5.11. The van der Waals surface area contributed by atoms with Gasteiger partial charge in [-0.05, 0) is 12.8 Å². The van der Waals surface area contributed by atoms with Crippen molar-refractivity contribution < 1.29 is 4.74 Å². The number of H-pyrrole nitrogens is 1. The average molecular weight is 194 g/mol. The number of aromatic nitrogens is 2. The van der Waals surface area contributed by atoms with Gasteiger partial charge in [-0.3, -0.25) is 4.79 Å². The van der Waals surface area contributed by atoms with E-state index in [1.165, 1.54) is 6.42 Å². The topological polar surface area (TPSA) is 55.0 Å². The van der Waals surface area contributed by atoms with Crippen molar-refractivity contribution >= 4 is 0 Å². The summed E-state index contributed by atoms with van der Waals surface area (Å²) in [5.74, 6) is 1.12. The van der Waals surface area contributed by atoms with E-state index in [0.29, 0.717) is 18.3 Å². The van der Waals surface area contributed by atoms with E-state index in [1.807, 2.05) is 0 Å². The highest BCUT2D eigenvalue weighted by Crippen LogP contribution is 2.34. The molecule has 14 heavy (non-hydrogen) atoms. The fourth-order valence-electron chi connectivity index (χ4n) is 1.65. The maximum absolute atomic E-state index is 11.3. The zero-order valence-electron chi connectivity index (χ0n) is 8.25. The molecule has 0 amide bonds. The first-order chi connectivity index (χ1) is 6.79. The molecule has 0 spiro atoms. The molecule has 0 bridgehead atoms.